The quantitative estimate of drug-likeness (QED) is 0.852. The van der Waals surface area contributed by atoms with Crippen LogP contribution in [0.4, 0.5) is 18.9 Å². The standard InChI is InChI=1S/C15H20F3N3O/c1-10-3-4-12(19)9-13(10)14(22)21-7-5-20(6-8-21)11(2)15(16,17)18/h3-4,9,11H,5-8,19H2,1-2H3. The Morgan fingerprint density at radius 1 is 1.23 bits per heavy atom. The summed E-state index contributed by atoms with van der Waals surface area (Å²) in [5.41, 5.74) is 7.52. The molecule has 0 radical (unpaired) electrons. The van der Waals surface area contributed by atoms with Gasteiger partial charge < -0.3 is 10.6 Å². The van der Waals surface area contributed by atoms with E-state index in [1.807, 2.05) is 6.92 Å². The molecule has 0 aromatic heterocycles. The second-order valence-electron chi connectivity index (χ2n) is 5.62. The Morgan fingerprint density at radius 2 is 1.82 bits per heavy atom. The lowest BCUT2D eigenvalue weighted by molar-refractivity contribution is -0.181. The van der Waals surface area contributed by atoms with E-state index in [1.165, 1.54) is 4.90 Å². The van der Waals surface area contributed by atoms with Crippen LogP contribution in [-0.4, -0.2) is 54.1 Å². The first-order chi connectivity index (χ1) is 10.2. The summed E-state index contributed by atoms with van der Waals surface area (Å²) < 4.78 is 38.1. The van der Waals surface area contributed by atoms with Crippen LogP contribution in [0, 0.1) is 6.92 Å². The fourth-order valence-electron chi connectivity index (χ4n) is 2.56. The molecule has 0 saturated carbocycles. The number of halogens is 3. The first-order valence-electron chi connectivity index (χ1n) is 7.16. The number of benzene rings is 1. The van der Waals surface area contributed by atoms with Crippen LogP contribution in [0.15, 0.2) is 18.2 Å². The molecule has 7 heteroatoms. The fourth-order valence-corrected chi connectivity index (χ4v) is 2.56. The first kappa shape index (κ1) is 16.6. The SMILES string of the molecule is Cc1ccc(N)cc1C(=O)N1CCN(C(C)C(F)(F)F)CC1. The van der Waals surface area contributed by atoms with Crippen molar-refractivity contribution in [2.75, 3.05) is 31.9 Å². The van der Waals surface area contributed by atoms with Crippen molar-refractivity contribution >= 4 is 11.6 Å². The van der Waals surface area contributed by atoms with E-state index in [-0.39, 0.29) is 32.1 Å². The molecule has 2 rings (SSSR count). The van der Waals surface area contributed by atoms with Crippen LogP contribution < -0.4 is 5.73 Å². The van der Waals surface area contributed by atoms with Gasteiger partial charge in [0.25, 0.3) is 5.91 Å². The number of amides is 1. The Bertz CT molecular complexity index is 551. The number of nitrogen functional groups attached to an aromatic ring is 1. The molecule has 1 saturated heterocycles. The zero-order chi connectivity index (χ0) is 16.5. The maximum atomic E-state index is 12.7. The summed E-state index contributed by atoms with van der Waals surface area (Å²) in [4.78, 5) is 15.4. The number of anilines is 1. The molecule has 1 aliphatic rings. The summed E-state index contributed by atoms with van der Waals surface area (Å²) in [6.07, 6.45) is -4.24. The number of carbonyl (C=O) groups is 1. The summed E-state index contributed by atoms with van der Waals surface area (Å²) >= 11 is 0. The minimum atomic E-state index is -4.24. The van der Waals surface area contributed by atoms with Gasteiger partial charge in [0, 0.05) is 37.4 Å². The van der Waals surface area contributed by atoms with Gasteiger partial charge in [-0.1, -0.05) is 6.07 Å². The minimum Gasteiger partial charge on any atom is -0.399 e. The maximum absolute atomic E-state index is 12.7. The summed E-state index contributed by atoms with van der Waals surface area (Å²) in [7, 11) is 0. The molecule has 1 aromatic carbocycles. The fraction of sp³-hybridized carbons (Fsp3) is 0.533. The van der Waals surface area contributed by atoms with Crippen LogP contribution >= 0.6 is 0 Å². The van der Waals surface area contributed by atoms with Crippen LogP contribution in [0.25, 0.3) is 0 Å². The predicted molar refractivity (Wildman–Crippen MR) is 78.6 cm³/mol. The van der Waals surface area contributed by atoms with E-state index in [1.54, 1.807) is 23.1 Å². The average Bonchev–Trinajstić information content (AvgIpc) is 2.47. The van der Waals surface area contributed by atoms with Gasteiger partial charge in [-0.2, -0.15) is 13.2 Å². The second kappa shape index (κ2) is 6.16. The monoisotopic (exact) mass is 315 g/mol. The van der Waals surface area contributed by atoms with Gasteiger partial charge in [0.05, 0.1) is 0 Å². The lowest BCUT2D eigenvalue weighted by Gasteiger charge is -2.38. The van der Waals surface area contributed by atoms with Crippen molar-refractivity contribution in [3.05, 3.63) is 29.3 Å². The van der Waals surface area contributed by atoms with Crippen molar-refractivity contribution in [1.82, 2.24) is 9.80 Å². The number of rotatable bonds is 2. The molecule has 1 aromatic rings. The molecule has 1 fully saturated rings. The van der Waals surface area contributed by atoms with E-state index in [9.17, 15) is 18.0 Å². The predicted octanol–water partition coefficient (Wildman–Crippen LogP) is 2.29. The van der Waals surface area contributed by atoms with E-state index in [0.29, 0.717) is 11.3 Å². The highest BCUT2D eigenvalue weighted by atomic mass is 19.4. The van der Waals surface area contributed by atoms with Gasteiger partial charge >= 0.3 is 6.18 Å². The zero-order valence-electron chi connectivity index (χ0n) is 12.7. The van der Waals surface area contributed by atoms with Gasteiger partial charge in [-0.15, -0.1) is 0 Å². The second-order valence-corrected chi connectivity index (χ2v) is 5.62. The Kier molecular flexibility index (Phi) is 4.65. The number of hydrogen-bond donors (Lipinski definition) is 1. The number of piperazine rings is 1. The Labute approximate surface area is 127 Å². The molecule has 2 N–H and O–H groups in total. The van der Waals surface area contributed by atoms with Gasteiger partial charge in [0.1, 0.15) is 6.04 Å². The molecule has 0 spiro atoms. The third-order valence-corrected chi connectivity index (χ3v) is 4.11. The molecule has 0 bridgehead atoms. The molecule has 4 nitrogen and oxygen atoms in total. The van der Waals surface area contributed by atoms with Crippen LogP contribution in [0.1, 0.15) is 22.8 Å². The van der Waals surface area contributed by atoms with Gasteiger partial charge in [-0.25, -0.2) is 0 Å². The summed E-state index contributed by atoms with van der Waals surface area (Å²) in [5, 5.41) is 0. The summed E-state index contributed by atoms with van der Waals surface area (Å²) in [6, 6.07) is 3.61. The van der Waals surface area contributed by atoms with Crippen molar-refractivity contribution in [2.45, 2.75) is 26.1 Å². The number of alkyl halides is 3. The molecule has 1 atom stereocenters. The number of hydrogen-bond acceptors (Lipinski definition) is 3. The van der Waals surface area contributed by atoms with Gasteiger partial charge in [-0.05, 0) is 31.5 Å². The number of nitrogens with zero attached hydrogens (tertiary/aromatic N) is 2. The lowest BCUT2D eigenvalue weighted by Crippen LogP contribution is -2.54. The Morgan fingerprint density at radius 3 is 2.36 bits per heavy atom. The van der Waals surface area contributed by atoms with E-state index >= 15 is 0 Å². The van der Waals surface area contributed by atoms with Crippen LogP contribution in [0.2, 0.25) is 0 Å². The molecular weight excluding hydrogens is 295 g/mol. The average molecular weight is 315 g/mol. The van der Waals surface area contributed by atoms with Gasteiger partial charge in [0.15, 0.2) is 0 Å². The van der Waals surface area contributed by atoms with Crippen molar-refractivity contribution in [2.24, 2.45) is 0 Å². The van der Waals surface area contributed by atoms with E-state index in [2.05, 4.69) is 0 Å². The van der Waals surface area contributed by atoms with Crippen LogP contribution in [-0.2, 0) is 0 Å². The molecule has 1 heterocycles. The van der Waals surface area contributed by atoms with Crippen molar-refractivity contribution in [3.8, 4) is 0 Å². The van der Waals surface area contributed by atoms with Gasteiger partial charge in [0.2, 0.25) is 0 Å². The molecule has 0 aliphatic carbocycles. The third kappa shape index (κ3) is 3.52. The summed E-state index contributed by atoms with van der Waals surface area (Å²) in [6.45, 7) is 3.97. The largest absolute Gasteiger partial charge is 0.403 e. The van der Waals surface area contributed by atoms with Crippen molar-refractivity contribution in [1.29, 1.82) is 0 Å². The molecule has 122 valence electrons. The smallest absolute Gasteiger partial charge is 0.399 e. The number of carbonyl (C=O) groups excluding carboxylic acids is 1. The molecule has 1 amide bonds. The van der Waals surface area contributed by atoms with E-state index in [4.69, 9.17) is 5.73 Å². The first-order valence-corrected chi connectivity index (χ1v) is 7.16. The Hall–Kier alpha value is -1.76. The molecule has 1 unspecified atom stereocenters. The molecule has 1 aliphatic heterocycles. The number of aryl methyl sites for hydroxylation is 1. The highest BCUT2D eigenvalue weighted by Gasteiger charge is 2.41. The van der Waals surface area contributed by atoms with Gasteiger partial charge in [-0.3, -0.25) is 9.69 Å². The summed E-state index contributed by atoms with van der Waals surface area (Å²) in [5.74, 6) is -0.177. The molecular formula is C15H20F3N3O. The van der Waals surface area contributed by atoms with E-state index in [0.717, 1.165) is 12.5 Å². The van der Waals surface area contributed by atoms with Crippen molar-refractivity contribution in [3.63, 3.8) is 0 Å². The normalized spacial score (nSPS) is 18.3. The van der Waals surface area contributed by atoms with Crippen molar-refractivity contribution < 1.29 is 18.0 Å². The molecule has 22 heavy (non-hydrogen) atoms. The number of nitrogens with two attached hydrogens (primary N) is 1. The highest BCUT2D eigenvalue weighted by molar-refractivity contribution is 5.96. The van der Waals surface area contributed by atoms with Crippen LogP contribution in [0.3, 0.4) is 0 Å². The zero-order valence-corrected chi connectivity index (χ0v) is 12.7. The minimum absolute atomic E-state index is 0.177. The Balaban J connectivity index is 2.02. The maximum Gasteiger partial charge on any atom is 0.403 e. The highest BCUT2D eigenvalue weighted by Crippen LogP contribution is 2.25. The van der Waals surface area contributed by atoms with E-state index < -0.39 is 12.2 Å². The third-order valence-electron chi connectivity index (χ3n) is 4.11. The topological polar surface area (TPSA) is 49.6 Å². The lowest BCUT2D eigenvalue weighted by atomic mass is 10.1. The van der Waals surface area contributed by atoms with Crippen LogP contribution in [0.5, 0.6) is 0 Å².